The molecule has 0 aliphatic carbocycles. The highest BCUT2D eigenvalue weighted by molar-refractivity contribution is 6.00. The van der Waals surface area contributed by atoms with Crippen molar-refractivity contribution in [1.29, 1.82) is 0 Å². The zero-order valence-electron chi connectivity index (χ0n) is 17.1. The minimum atomic E-state index is -5.38. The lowest BCUT2D eigenvalue weighted by Crippen LogP contribution is -2.72. The van der Waals surface area contributed by atoms with Crippen LogP contribution in [-0.4, -0.2) is 28.8 Å². The molecule has 1 fully saturated rings. The molecule has 10 heteroatoms. The molecule has 0 bridgehead atoms. The third-order valence-corrected chi connectivity index (χ3v) is 5.47. The molecule has 1 aliphatic heterocycles. The lowest BCUT2D eigenvalue weighted by Gasteiger charge is -2.44. The second kappa shape index (κ2) is 8.04. The quantitative estimate of drug-likeness (QED) is 0.393. The monoisotopic (exact) mass is 462 g/mol. The highest BCUT2D eigenvalue weighted by atomic mass is 19.4. The van der Waals surface area contributed by atoms with Crippen molar-refractivity contribution in [2.45, 2.75) is 24.9 Å². The number of alkyl halides is 3. The molecule has 3 atom stereocenters. The van der Waals surface area contributed by atoms with Crippen LogP contribution in [-0.2, 0) is 0 Å². The fourth-order valence-corrected chi connectivity index (χ4v) is 3.79. The first-order valence-electron chi connectivity index (χ1n) is 9.84. The Morgan fingerprint density at radius 2 is 1.79 bits per heavy atom. The highest BCUT2D eigenvalue weighted by Gasteiger charge is 2.66. The van der Waals surface area contributed by atoms with Crippen molar-refractivity contribution in [3.8, 4) is 11.3 Å². The zero-order valence-corrected chi connectivity index (χ0v) is 17.1. The first-order valence-corrected chi connectivity index (χ1v) is 9.84. The minimum Gasteiger partial charge on any atom is -0.459 e. The summed E-state index contributed by atoms with van der Waals surface area (Å²) in [4.78, 5) is 25.3. The molecule has 0 saturated carbocycles. The molecule has 4 rings (SSSR count). The van der Waals surface area contributed by atoms with Gasteiger partial charge in [-0.25, -0.2) is 9.18 Å². The molecule has 1 saturated heterocycles. The van der Waals surface area contributed by atoms with Gasteiger partial charge in [0, 0.05) is 11.1 Å². The molecule has 172 valence electrons. The number of hydrogen-bond donors (Lipinski definition) is 3. The number of urea groups is 1. The van der Waals surface area contributed by atoms with Gasteiger partial charge in [-0.2, -0.15) is 13.2 Å². The SMILES string of the molecule is Cc1ccc(C(=O)[C@@H]2[C@@H](c3ccc(-c4cccc(F)c4)o3)NC(=O)N[C@]2(O)C(F)(F)F)cc1. The van der Waals surface area contributed by atoms with Gasteiger partial charge < -0.3 is 20.2 Å². The Bertz CT molecular complexity index is 1210. The summed E-state index contributed by atoms with van der Waals surface area (Å²) in [6.45, 7) is 1.74. The molecule has 3 aromatic rings. The minimum absolute atomic E-state index is 0.0897. The number of carbonyl (C=O) groups is 2. The van der Waals surface area contributed by atoms with Crippen LogP contribution in [0.1, 0.15) is 27.7 Å². The van der Waals surface area contributed by atoms with E-state index < -0.39 is 41.5 Å². The van der Waals surface area contributed by atoms with Crippen molar-refractivity contribution in [3.05, 3.63) is 83.4 Å². The fraction of sp³-hybridized carbons (Fsp3) is 0.217. The van der Waals surface area contributed by atoms with E-state index in [-0.39, 0.29) is 17.1 Å². The van der Waals surface area contributed by atoms with E-state index in [1.54, 1.807) is 19.1 Å². The van der Waals surface area contributed by atoms with Crippen molar-refractivity contribution in [1.82, 2.24) is 10.6 Å². The van der Waals surface area contributed by atoms with E-state index >= 15 is 0 Å². The number of ketones is 1. The smallest absolute Gasteiger partial charge is 0.437 e. The number of nitrogens with one attached hydrogen (secondary N) is 2. The third kappa shape index (κ3) is 4.09. The van der Waals surface area contributed by atoms with Gasteiger partial charge in [0.25, 0.3) is 0 Å². The summed E-state index contributed by atoms with van der Waals surface area (Å²) < 4.78 is 61.1. The van der Waals surface area contributed by atoms with Crippen LogP contribution in [0.25, 0.3) is 11.3 Å². The number of Topliss-reactive ketones (excluding diaryl/α,β-unsaturated/α-hetero) is 1. The van der Waals surface area contributed by atoms with Crippen LogP contribution in [0.2, 0.25) is 0 Å². The van der Waals surface area contributed by atoms with Crippen LogP contribution in [0, 0.1) is 18.7 Å². The van der Waals surface area contributed by atoms with Gasteiger partial charge >= 0.3 is 12.2 Å². The average Bonchev–Trinajstić information content (AvgIpc) is 3.23. The van der Waals surface area contributed by atoms with Gasteiger partial charge in [0.15, 0.2) is 5.78 Å². The largest absolute Gasteiger partial charge is 0.459 e. The number of furan rings is 1. The van der Waals surface area contributed by atoms with Gasteiger partial charge in [0.1, 0.15) is 29.3 Å². The van der Waals surface area contributed by atoms with Crippen LogP contribution >= 0.6 is 0 Å². The molecule has 6 nitrogen and oxygen atoms in total. The summed E-state index contributed by atoms with van der Waals surface area (Å²) in [7, 11) is 0. The summed E-state index contributed by atoms with van der Waals surface area (Å²) in [5, 5.41) is 14.3. The third-order valence-electron chi connectivity index (χ3n) is 5.47. The van der Waals surface area contributed by atoms with E-state index in [0.29, 0.717) is 5.56 Å². The normalized spacial score (nSPS) is 23.0. The zero-order chi connectivity index (χ0) is 24.0. The van der Waals surface area contributed by atoms with Gasteiger partial charge in [-0.05, 0) is 31.2 Å². The van der Waals surface area contributed by atoms with Crippen LogP contribution in [0.4, 0.5) is 22.4 Å². The van der Waals surface area contributed by atoms with Crippen molar-refractivity contribution in [3.63, 3.8) is 0 Å². The Morgan fingerprint density at radius 1 is 1.09 bits per heavy atom. The van der Waals surface area contributed by atoms with Crippen LogP contribution in [0.15, 0.2) is 65.1 Å². The lowest BCUT2D eigenvalue weighted by molar-refractivity contribution is -0.288. The molecule has 1 aliphatic rings. The molecule has 1 aromatic heterocycles. The predicted molar refractivity (Wildman–Crippen MR) is 109 cm³/mol. The topological polar surface area (TPSA) is 91.6 Å². The molecule has 0 unspecified atom stereocenters. The second-order valence-electron chi connectivity index (χ2n) is 7.76. The van der Waals surface area contributed by atoms with Crippen molar-refractivity contribution in [2.75, 3.05) is 0 Å². The number of benzene rings is 2. The molecular formula is C23H18F4N2O4. The highest BCUT2D eigenvalue weighted by Crippen LogP contribution is 2.44. The lowest BCUT2D eigenvalue weighted by atomic mass is 9.79. The van der Waals surface area contributed by atoms with E-state index in [1.807, 2.05) is 0 Å². The maximum absolute atomic E-state index is 14.0. The fourth-order valence-electron chi connectivity index (χ4n) is 3.79. The summed E-state index contributed by atoms with van der Waals surface area (Å²) in [5.74, 6) is -3.94. The number of amides is 2. The number of aliphatic hydroxyl groups is 1. The molecule has 3 N–H and O–H groups in total. The van der Waals surface area contributed by atoms with E-state index in [0.717, 1.165) is 11.6 Å². The Morgan fingerprint density at radius 3 is 2.42 bits per heavy atom. The van der Waals surface area contributed by atoms with Crippen molar-refractivity contribution < 1.29 is 36.7 Å². The van der Waals surface area contributed by atoms with Crippen LogP contribution in [0.5, 0.6) is 0 Å². The molecular weight excluding hydrogens is 444 g/mol. The van der Waals surface area contributed by atoms with Crippen molar-refractivity contribution >= 4 is 11.8 Å². The van der Waals surface area contributed by atoms with E-state index in [9.17, 15) is 32.3 Å². The molecule has 2 amide bonds. The maximum Gasteiger partial charge on any atom is 0.437 e. The number of carbonyl (C=O) groups excluding carboxylic acids is 2. The number of halogens is 4. The summed E-state index contributed by atoms with van der Waals surface area (Å²) >= 11 is 0. The first-order chi connectivity index (χ1) is 15.5. The molecule has 0 radical (unpaired) electrons. The van der Waals surface area contributed by atoms with E-state index in [4.69, 9.17) is 4.42 Å². The number of aryl methyl sites for hydroxylation is 1. The average molecular weight is 462 g/mol. The Kier molecular flexibility index (Phi) is 5.49. The number of hydrogen-bond acceptors (Lipinski definition) is 4. The van der Waals surface area contributed by atoms with Gasteiger partial charge in [-0.3, -0.25) is 4.79 Å². The van der Waals surface area contributed by atoms with E-state index in [1.165, 1.54) is 47.8 Å². The second-order valence-corrected chi connectivity index (χ2v) is 7.76. The van der Waals surface area contributed by atoms with Gasteiger partial charge in [0.05, 0.1) is 0 Å². The first kappa shape index (κ1) is 22.5. The van der Waals surface area contributed by atoms with Gasteiger partial charge in [-0.1, -0.05) is 42.0 Å². The summed E-state index contributed by atoms with van der Waals surface area (Å²) in [6, 6.07) is 10.7. The molecule has 33 heavy (non-hydrogen) atoms. The molecule has 0 spiro atoms. The predicted octanol–water partition coefficient (Wildman–Crippen LogP) is 4.50. The molecule has 2 heterocycles. The van der Waals surface area contributed by atoms with Crippen LogP contribution < -0.4 is 10.6 Å². The summed E-state index contributed by atoms with van der Waals surface area (Å²) in [5.41, 5.74) is -2.88. The van der Waals surface area contributed by atoms with E-state index in [2.05, 4.69) is 5.32 Å². The van der Waals surface area contributed by atoms with Crippen LogP contribution in [0.3, 0.4) is 0 Å². The standard InChI is InChI=1S/C23H18F4N2O4/c1-12-5-7-13(8-6-12)20(30)18-19(28-21(31)29-22(18,32)23(25,26)27)17-10-9-16(33-17)14-3-2-4-15(24)11-14/h2-11,18-19,32H,1H3,(H2,28,29,31)/t18-,19+,22+/m0/s1. The summed E-state index contributed by atoms with van der Waals surface area (Å²) in [6.07, 6.45) is -5.38. The Labute approximate surface area is 185 Å². The number of rotatable bonds is 4. The van der Waals surface area contributed by atoms with Gasteiger partial charge in [-0.15, -0.1) is 0 Å². The van der Waals surface area contributed by atoms with Crippen molar-refractivity contribution in [2.24, 2.45) is 5.92 Å². The molecule has 2 aromatic carbocycles. The Hall–Kier alpha value is -3.66. The van der Waals surface area contributed by atoms with Gasteiger partial charge in [0.2, 0.25) is 5.72 Å². The Balaban J connectivity index is 1.81. The maximum atomic E-state index is 14.0.